The van der Waals surface area contributed by atoms with Gasteiger partial charge in [-0.15, -0.1) is 0 Å². The van der Waals surface area contributed by atoms with Gasteiger partial charge in [0.25, 0.3) is 5.91 Å². The maximum absolute atomic E-state index is 14.6. The maximum atomic E-state index is 14.6. The van der Waals surface area contributed by atoms with Gasteiger partial charge in [-0.25, -0.2) is 8.78 Å². The van der Waals surface area contributed by atoms with Crippen molar-refractivity contribution in [2.75, 3.05) is 4.90 Å². The lowest BCUT2D eigenvalue weighted by Crippen LogP contribution is -2.32. The van der Waals surface area contributed by atoms with Crippen LogP contribution in [0.25, 0.3) is 0 Å². The molecule has 3 rings (SSSR count). The summed E-state index contributed by atoms with van der Waals surface area (Å²) in [5.74, 6) is -4.79. The number of rotatable bonds is 4. The minimum Gasteiger partial charge on any atom is -0.503 e. The van der Waals surface area contributed by atoms with Gasteiger partial charge in [-0.3, -0.25) is 14.5 Å². The molecule has 29 heavy (non-hydrogen) atoms. The molecular formula is C21H17Cl2F2NO3. The molecule has 0 saturated carbocycles. The zero-order valence-electron chi connectivity index (χ0n) is 15.8. The number of nitrogens with zero attached hydrogens (tertiary/aromatic N) is 1. The first kappa shape index (κ1) is 21.3. The van der Waals surface area contributed by atoms with E-state index in [1.165, 1.54) is 0 Å². The fourth-order valence-corrected chi connectivity index (χ4v) is 3.74. The summed E-state index contributed by atoms with van der Waals surface area (Å²) in [5.41, 5.74) is 0.586. The lowest BCUT2D eigenvalue weighted by atomic mass is 9.89. The molecule has 1 aliphatic rings. The Morgan fingerprint density at radius 3 is 2.38 bits per heavy atom. The molecule has 1 amide bonds. The van der Waals surface area contributed by atoms with Crippen LogP contribution in [0.3, 0.4) is 0 Å². The highest BCUT2D eigenvalue weighted by molar-refractivity contribution is 6.31. The van der Waals surface area contributed by atoms with Crippen molar-refractivity contribution in [3.63, 3.8) is 0 Å². The number of anilines is 1. The number of carbonyl (C=O) groups is 2. The SMILES string of the molecule is Cc1cc(Cl)ccc1C1C(C(=O)C(C)C)=C(O)C(=O)N1c1cc(Cl)c(F)cc1F. The third-order valence-electron chi connectivity index (χ3n) is 4.77. The van der Waals surface area contributed by atoms with Gasteiger partial charge in [0, 0.05) is 17.0 Å². The fourth-order valence-electron chi connectivity index (χ4n) is 3.35. The summed E-state index contributed by atoms with van der Waals surface area (Å²) in [7, 11) is 0. The lowest BCUT2D eigenvalue weighted by molar-refractivity contribution is -0.119. The number of hydrogen-bond donors (Lipinski definition) is 1. The molecule has 1 heterocycles. The highest BCUT2D eigenvalue weighted by atomic mass is 35.5. The molecule has 0 aromatic heterocycles. The molecule has 1 N–H and O–H groups in total. The molecule has 2 aromatic rings. The van der Waals surface area contributed by atoms with Crippen molar-refractivity contribution in [2.45, 2.75) is 26.8 Å². The van der Waals surface area contributed by atoms with Crippen molar-refractivity contribution in [3.05, 3.63) is 74.5 Å². The van der Waals surface area contributed by atoms with Crippen LogP contribution >= 0.6 is 23.2 Å². The van der Waals surface area contributed by atoms with Gasteiger partial charge in [0.05, 0.1) is 22.3 Å². The van der Waals surface area contributed by atoms with Crippen molar-refractivity contribution in [1.82, 2.24) is 0 Å². The number of ketones is 1. The van der Waals surface area contributed by atoms with E-state index in [0.29, 0.717) is 22.2 Å². The molecule has 8 heteroatoms. The summed E-state index contributed by atoms with van der Waals surface area (Å²) in [6.45, 7) is 4.96. The van der Waals surface area contributed by atoms with Gasteiger partial charge in [-0.1, -0.05) is 43.1 Å². The predicted octanol–water partition coefficient (Wildman–Crippen LogP) is 5.71. The van der Waals surface area contributed by atoms with Crippen molar-refractivity contribution >= 4 is 40.6 Å². The fraction of sp³-hybridized carbons (Fsp3) is 0.238. The standard InChI is InChI=1S/C21H17Cl2F2NO3/c1-9(2)19(27)17-18(12-5-4-11(22)6-10(12)3)26(21(29)20(17)28)16-7-13(23)14(24)8-15(16)25/h4-9,18,28H,1-3H3. The molecule has 0 bridgehead atoms. The number of aryl methyl sites for hydroxylation is 1. The predicted molar refractivity (Wildman–Crippen MR) is 107 cm³/mol. The molecule has 0 radical (unpaired) electrons. The van der Waals surface area contributed by atoms with Crippen molar-refractivity contribution in [1.29, 1.82) is 0 Å². The smallest absolute Gasteiger partial charge is 0.294 e. The number of carbonyl (C=O) groups excluding carboxylic acids is 2. The zero-order chi connectivity index (χ0) is 21.6. The second kappa shape index (κ2) is 7.76. The van der Waals surface area contributed by atoms with Crippen molar-refractivity contribution < 1.29 is 23.5 Å². The zero-order valence-corrected chi connectivity index (χ0v) is 17.3. The van der Waals surface area contributed by atoms with Gasteiger partial charge in [0.1, 0.15) is 11.6 Å². The van der Waals surface area contributed by atoms with Crippen LogP contribution in [-0.4, -0.2) is 16.8 Å². The molecule has 4 nitrogen and oxygen atoms in total. The van der Waals surface area contributed by atoms with Crippen LogP contribution in [0.15, 0.2) is 41.7 Å². The number of aliphatic hydroxyl groups is 1. The lowest BCUT2D eigenvalue weighted by Gasteiger charge is -2.29. The Bertz CT molecular complexity index is 1070. The summed E-state index contributed by atoms with van der Waals surface area (Å²) < 4.78 is 28.3. The quantitative estimate of drug-likeness (QED) is 0.621. The molecule has 0 aliphatic carbocycles. The molecule has 1 unspecified atom stereocenters. The highest BCUT2D eigenvalue weighted by Crippen LogP contribution is 2.44. The topological polar surface area (TPSA) is 57.6 Å². The molecular weight excluding hydrogens is 423 g/mol. The van der Waals surface area contributed by atoms with Gasteiger partial charge in [-0.05, 0) is 36.2 Å². The second-order valence-corrected chi connectivity index (χ2v) is 7.92. The van der Waals surface area contributed by atoms with E-state index in [4.69, 9.17) is 23.2 Å². The average Bonchev–Trinajstić information content (AvgIpc) is 2.88. The molecule has 0 spiro atoms. The van der Waals surface area contributed by atoms with E-state index < -0.39 is 46.1 Å². The van der Waals surface area contributed by atoms with Gasteiger partial charge < -0.3 is 5.11 Å². The normalized spacial score (nSPS) is 16.9. The number of Topliss-reactive ketones (excluding diaryl/α,β-unsaturated/α-hetero) is 1. The summed E-state index contributed by atoms with van der Waals surface area (Å²) in [5, 5.41) is 10.5. The minimum absolute atomic E-state index is 0.157. The summed E-state index contributed by atoms with van der Waals surface area (Å²) in [6, 6.07) is 5.17. The Morgan fingerprint density at radius 2 is 1.79 bits per heavy atom. The molecule has 2 aromatic carbocycles. The van der Waals surface area contributed by atoms with Crippen molar-refractivity contribution in [3.8, 4) is 0 Å². The van der Waals surface area contributed by atoms with E-state index in [0.717, 1.165) is 11.0 Å². The molecule has 1 atom stereocenters. The Morgan fingerprint density at radius 1 is 1.14 bits per heavy atom. The van der Waals surface area contributed by atoms with Crippen LogP contribution in [0.5, 0.6) is 0 Å². The van der Waals surface area contributed by atoms with Crippen LogP contribution in [0.2, 0.25) is 10.0 Å². The summed E-state index contributed by atoms with van der Waals surface area (Å²) in [6.07, 6.45) is 0. The average molecular weight is 440 g/mol. The Hall–Kier alpha value is -2.44. The summed E-state index contributed by atoms with van der Waals surface area (Å²) in [4.78, 5) is 26.7. The maximum Gasteiger partial charge on any atom is 0.294 e. The third-order valence-corrected chi connectivity index (χ3v) is 5.30. The van der Waals surface area contributed by atoms with Gasteiger partial charge in [0.15, 0.2) is 11.5 Å². The number of amides is 1. The highest BCUT2D eigenvalue weighted by Gasteiger charge is 2.46. The van der Waals surface area contributed by atoms with Crippen molar-refractivity contribution in [2.24, 2.45) is 5.92 Å². The number of hydrogen-bond acceptors (Lipinski definition) is 3. The van der Waals surface area contributed by atoms with Crippen LogP contribution in [0.1, 0.15) is 31.0 Å². The first-order valence-electron chi connectivity index (χ1n) is 8.76. The van der Waals surface area contributed by atoms with Crippen LogP contribution in [0, 0.1) is 24.5 Å². The van der Waals surface area contributed by atoms with Gasteiger partial charge >= 0.3 is 0 Å². The van der Waals surface area contributed by atoms with Crippen LogP contribution < -0.4 is 4.90 Å². The molecule has 0 saturated heterocycles. The van der Waals surface area contributed by atoms with Gasteiger partial charge in [0.2, 0.25) is 0 Å². The first-order chi connectivity index (χ1) is 13.5. The van der Waals surface area contributed by atoms with Gasteiger partial charge in [-0.2, -0.15) is 0 Å². The monoisotopic (exact) mass is 439 g/mol. The van der Waals surface area contributed by atoms with E-state index >= 15 is 0 Å². The summed E-state index contributed by atoms with van der Waals surface area (Å²) >= 11 is 11.8. The molecule has 1 aliphatic heterocycles. The van der Waals surface area contributed by atoms with E-state index in [1.54, 1.807) is 39.0 Å². The van der Waals surface area contributed by atoms with E-state index in [9.17, 15) is 23.5 Å². The minimum atomic E-state index is -1.12. The van der Waals surface area contributed by atoms with E-state index in [-0.39, 0.29) is 11.3 Å². The van der Waals surface area contributed by atoms with Crippen LogP contribution in [0.4, 0.5) is 14.5 Å². The van der Waals surface area contributed by atoms with E-state index in [1.807, 2.05) is 0 Å². The van der Waals surface area contributed by atoms with Crippen LogP contribution in [-0.2, 0) is 9.59 Å². The largest absolute Gasteiger partial charge is 0.503 e. The Kier molecular flexibility index (Phi) is 5.70. The Labute approximate surface area is 176 Å². The number of halogens is 4. The number of benzene rings is 2. The number of aliphatic hydroxyl groups excluding tert-OH is 1. The Balaban J connectivity index is 2.29. The molecule has 0 fully saturated rings. The first-order valence-corrected chi connectivity index (χ1v) is 9.51. The van der Waals surface area contributed by atoms with E-state index in [2.05, 4.69) is 0 Å². The molecule has 152 valence electrons. The second-order valence-electron chi connectivity index (χ2n) is 7.08. The third kappa shape index (κ3) is 3.63.